The first-order valence-electron chi connectivity index (χ1n) is 8.29. The fourth-order valence-corrected chi connectivity index (χ4v) is 3.95. The maximum absolute atomic E-state index is 11.2. The van der Waals surface area contributed by atoms with E-state index in [9.17, 15) is 30.3 Å². The lowest BCUT2D eigenvalue weighted by molar-refractivity contribution is -0.346. The van der Waals surface area contributed by atoms with Crippen LogP contribution in [0, 0.1) is 11.8 Å². The first-order valence-corrected chi connectivity index (χ1v) is 8.29. The van der Waals surface area contributed by atoms with Crippen molar-refractivity contribution in [3.63, 3.8) is 0 Å². The first kappa shape index (κ1) is 18.7. The fraction of sp³-hybridized carbons (Fsp3) is 0.812. The van der Waals surface area contributed by atoms with Crippen molar-refractivity contribution in [2.24, 2.45) is 11.8 Å². The van der Waals surface area contributed by atoms with Gasteiger partial charge in [0.1, 0.15) is 30.7 Å². The van der Waals surface area contributed by atoms with Crippen molar-refractivity contribution in [3.8, 4) is 0 Å². The molecule has 25 heavy (non-hydrogen) atoms. The summed E-state index contributed by atoms with van der Waals surface area (Å²) in [5.41, 5.74) is -0.720. The van der Waals surface area contributed by atoms with Crippen LogP contribution in [-0.4, -0.2) is 81.0 Å². The molecule has 3 aliphatic rings. The standard InChI is InChI=1S/C16H24O9/c1-16(22)3-2-8-7(4-17)6-23-14(10(8)16)25-15-13(21)12(20)11(19)9(5-18)24-15/h4,6,8-15,18-22H,2-3,5H2,1H3. The SMILES string of the molecule is CC1(O)CCC2C(C=O)=COC(OC3OC(CO)C(O)C(O)C3O)C21. The maximum Gasteiger partial charge on any atom is 0.207 e. The second-order valence-electron chi connectivity index (χ2n) is 7.10. The van der Waals surface area contributed by atoms with E-state index in [1.165, 1.54) is 6.26 Å². The minimum atomic E-state index is -1.57. The Morgan fingerprint density at radius 3 is 2.64 bits per heavy atom. The van der Waals surface area contributed by atoms with Gasteiger partial charge < -0.3 is 39.7 Å². The highest BCUT2D eigenvalue weighted by molar-refractivity contribution is 5.74. The minimum absolute atomic E-state index is 0.254. The van der Waals surface area contributed by atoms with Gasteiger partial charge in [-0.3, -0.25) is 4.79 Å². The molecular weight excluding hydrogens is 336 g/mol. The Kier molecular flexibility index (Phi) is 5.18. The molecule has 9 heteroatoms. The van der Waals surface area contributed by atoms with Crippen molar-refractivity contribution < 1.29 is 44.5 Å². The Hall–Kier alpha value is -1.07. The molecule has 2 aliphatic heterocycles. The maximum atomic E-state index is 11.2. The molecular formula is C16H24O9. The van der Waals surface area contributed by atoms with Crippen LogP contribution in [0.3, 0.4) is 0 Å². The van der Waals surface area contributed by atoms with Crippen LogP contribution < -0.4 is 0 Å². The third kappa shape index (κ3) is 3.21. The Balaban J connectivity index is 1.79. The number of aldehydes is 1. The zero-order valence-electron chi connectivity index (χ0n) is 13.8. The van der Waals surface area contributed by atoms with Gasteiger partial charge >= 0.3 is 0 Å². The van der Waals surface area contributed by atoms with E-state index in [-0.39, 0.29) is 5.92 Å². The molecule has 3 rings (SSSR count). The highest BCUT2D eigenvalue weighted by Crippen LogP contribution is 2.48. The number of allylic oxidation sites excluding steroid dienone is 1. The highest BCUT2D eigenvalue weighted by Gasteiger charge is 2.54. The molecule has 9 atom stereocenters. The predicted octanol–water partition coefficient (Wildman–Crippen LogP) is -1.98. The van der Waals surface area contributed by atoms with Gasteiger partial charge in [-0.15, -0.1) is 0 Å². The van der Waals surface area contributed by atoms with Crippen LogP contribution in [0.25, 0.3) is 0 Å². The number of fused-ring (bicyclic) bond motifs is 1. The lowest BCUT2D eigenvalue weighted by Gasteiger charge is -2.44. The average Bonchev–Trinajstić information content (AvgIpc) is 2.92. The van der Waals surface area contributed by atoms with Crippen LogP contribution in [0.1, 0.15) is 19.8 Å². The third-order valence-corrected chi connectivity index (χ3v) is 5.43. The summed E-state index contributed by atoms with van der Waals surface area (Å²) in [6, 6.07) is 0. The molecule has 1 aliphatic carbocycles. The van der Waals surface area contributed by atoms with Gasteiger partial charge in [0.15, 0.2) is 6.29 Å². The predicted molar refractivity (Wildman–Crippen MR) is 80.7 cm³/mol. The first-order chi connectivity index (χ1) is 11.8. The van der Waals surface area contributed by atoms with E-state index in [2.05, 4.69) is 0 Å². The van der Waals surface area contributed by atoms with Crippen molar-refractivity contribution in [1.29, 1.82) is 0 Å². The minimum Gasteiger partial charge on any atom is -0.472 e. The number of rotatable bonds is 4. The molecule has 5 N–H and O–H groups in total. The lowest BCUT2D eigenvalue weighted by atomic mass is 9.81. The summed E-state index contributed by atoms with van der Waals surface area (Å²) in [7, 11) is 0. The zero-order valence-corrected chi connectivity index (χ0v) is 13.8. The Bertz CT molecular complexity index is 532. The summed E-state index contributed by atoms with van der Waals surface area (Å²) in [5, 5.41) is 49.6. The van der Waals surface area contributed by atoms with Crippen molar-refractivity contribution in [2.45, 2.75) is 62.4 Å². The topological polar surface area (TPSA) is 146 Å². The molecule has 0 bridgehead atoms. The van der Waals surface area contributed by atoms with Crippen LogP contribution in [0.2, 0.25) is 0 Å². The average molecular weight is 360 g/mol. The molecule has 142 valence electrons. The van der Waals surface area contributed by atoms with Crippen LogP contribution >= 0.6 is 0 Å². The normalized spacial score (nSPS) is 49.9. The zero-order chi connectivity index (χ0) is 18.4. The fourth-order valence-electron chi connectivity index (χ4n) is 3.95. The Labute approximate surface area is 144 Å². The Morgan fingerprint density at radius 1 is 1.28 bits per heavy atom. The molecule has 0 amide bonds. The van der Waals surface area contributed by atoms with Crippen molar-refractivity contribution in [3.05, 3.63) is 11.8 Å². The summed E-state index contributed by atoms with van der Waals surface area (Å²) in [6.07, 6.45) is -5.14. The van der Waals surface area contributed by atoms with Crippen molar-refractivity contribution in [1.82, 2.24) is 0 Å². The van der Waals surface area contributed by atoms with Crippen LogP contribution in [0.4, 0.5) is 0 Å². The summed E-state index contributed by atoms with van der Waals surface area (Å²) in [4.78, 5) is 11.2. The number of carbonyl (C=O) groups excluding carboxylic acids is 1. The number of aliphatic hydroxyl groups is 5. The molecule has 9 nitrogen and oxygen atoms in total. The molecule has 0 spiro atoms. The third-order valence-electron chi connectivity index (χ3n) is 5.43. The molecule has 2 heterocycles. The molecule has 9 unspecified atom stereocenters. The van der Waals surface area contributed by atoms with Gasteiger partial charge in [0.05, 0.1) is 24.4 Å². The second kappa shape index (κ2) is 6.92. The number of aliphatic hydroxyl groups excluding tert-OH is 4. The molecule has 1 saturated carbocycles. The largest absolute Gasteiger partial charge is 0.472 e. The molecule has 2 fully saturated rings. The summed E-state index contributed by atoms with van der Waals surface area (Å²) in [5.74, 6) is -0.818. The van der Waals surface area contributed by atoms with Gasteiger partial charge in [-0.25, -0.2) is 0 Å². The van der Waals surface area contributed by atoms with E-state index < -0.39 is 55.1 Å². The van der Waals surface area contributed by atoms with Gasteiger partial charge in [-0.2, -0.15) is 0 Å². The van der Waals surface area contributed by atoms with E-state index in [4.69, 9.17) is 14.2 Å². The van der Waals surface area contributed by atoms with Gasteiger partial charge in [-0.1, -0.05) is 0 Å². The van der Waals surface area contributed by atoms with Crippen LogP contribution in [0.15, 0.2) is 11.8 Å². The summed E-state index contributed by atoms with van der Waals surface area (Å²) >= 11 is 0. The van der Waals surface area contributed by atoms with Gasteiger partial charge in [0.25, 0.3) is 0 Å². The number of hydrogen-bond acceptors (Lipinski definition) is 9. The molecule has 0 aromatic heterocycles. The van der Waals surface area contributed by atoms with E-state index in [1.54, 1.807) is 6.92 Å². The quantitative estimate of drug-likeness (QED) is 0.360. The molecule has 0 aromatic carbocycles. The Morgan fingerprint density at radius 2 is 2.00 bits per heavy atom. The van der Waals surface area contributed by atoms with E-state index >= 15 is 0 Å². The van der Waals surface area contributed by atoms with Crippen molar-refractivity contribution >= 4 is 6.29 Å². The number of hydrogen-bond donors (Lipinski definition) is 5. The summed E-state index contributed by atoms with van der Waals surface area (Å²) in [6.45, 7) is 1.05. The molecule has 1 saturated heterocycles. The summed E-state index contributed by atoms with van der Waals surface area (Å²) < 4.78 is 16.4. The second-order valence-corrected chi connectivity index (χ2v) is 7.10. The van der Waals surface area contributed by atoms with Gasteiger partial charge in [0.2, 0.25) is 6.29 Å². The van der Waals surface area contributed by atoms with E-state index in [1.807, 2.05) is 0 Å². The molecule has 0 aromatic rings. The molecule has 0 radical (unpaired) electrons. The number of ether oxygens (including phenoxy) is 3. The van der Waals surface area contributed by atoms with Gasteiger partial charge in [0, 0.05) is 11.5 Å². The van der Waals surface area contributed by atoms with Crippen molar-refractivity contribution in [2.75, 3.05) is 6.61 Å². The smallest absolute Gasteiger partial charge is 0.207 e. The van der Waals surface area contributed by atoms with Gasteiger partial charge in [-0.05, 0) is 19.8 Å². The number of carbonyl (C=O) groups is 1. The lowest BCUT2D eigenvalue weighted by Crippen LogP contribution is -2.60. The van der Waals surface area contributed by atoms with Crippen LogP contribution in [-0.2, 0) is 19.0 Å². The highest BCUT2D eigenvalue weighted by atomic mass is 16.8. The van der Waals surface area contributed by atoms with E-state index in [0.29, 0.717) is 24.7 Å². The monoisotopic (exact) mass is 360 g/mol. The van der Waals surface area contributed by atoms with E-state index in [0.717, 1.165) is 0 Å². The van der Waals surface area contributed by atoms with Crippen LogP contribution in [0.5, 0.6) is 0 Å².